The van der Waals surface area contributed by atoms with E-state index in [0.717, 1.165) is 18.5 Å². The first-order chi connectivity index (χ1) is 19.7. The van der Waals surface area contributed by atoms with Gasteiger partial charge in [-0.05, 0) is 61.8 Å². The monoisotopic (exact) mass is 584 g/mol. The fourth-order valence-corrected chi connectivity index (χ4v) is 4.98. The summed E-state index contributed by atoms with van der Waals surface area (Å²) < 4.78 is 33.5. The smallest absolute Gasteiger partial charge is 0.0773 e. The van der Waals surface area contributed by atoms with Crippen LogP contribution in [0, 0.1) is 5.92 Å². The zero-order chi connectivity index (χ0) is 30.1. The maximum absolute atomic E-state index is 9.43. The number of fused-ring (bicyclic) bond motifs is 1. The highest BCUT2D eigenvalue weighted by Gasteiger charge is 2.39. The lowest BCUT2D eigenvalue weighted by atomic mass is 9.77. The van der Waals surface area contributed by atoms with Crippen molar-refractivity contribution >= 4 is 11.4 Å². The fourth-order valence-electron chi connectivity index (χ4n) is 4.98. The molecule has 1 aromatic rings. The van der Waals surface area contributed by atoms with Crippen molar-refractivity contribution in [3.63, 3.8) is 0 Å². The maximum Gasteiger partial charge on any atom is 0.0773 e. The normalized spacial score (nSPS) is 17.3. The van der Waals surface area contributed by atoms with Crippen LogP contribution in [-0.2, 0) is 34.8 Å². The lowest BCUT2D eigenvalue weighted by Gasteiger charge is -2.50. The third-order valence-corrected chi connectivity index (χ3v) is 7.76. The summed E-state index contributed by atoms with van der Waals surface area (Å²) in [7, 11) is 0. The Morgan fingerprint density at radius 1 is 0.829 bits per heavy atom. The number of hydrogen-bond acceptors (Lipinski definition) is 10. The van der Waals surface area contributed by atoms with Gasteiger partial charge in [-0.15, -0.1) is 0 Å². The van der Waals surface area contributed by atoms with Gasteiger partial charge in [0.15, 0.2) is 0 Å². The molecule has 0 aromatic heterocycles. The number of aliphatic hydroxyl groups is 2. The number of nitrogen functional groups attached to an aromatic ring is 1. The number of anilines is 2. The van der Waals surface area contributed by atoms with E-state index >= 15 is 0 Å². The highest BCUT2D eigenvalue weighted by Crippen LogP contribution is 2.43. The molecule has 0 saturated carbocycles. The van der Waals surface area contributed by atoms with Gasteiger partial charge in [-0.3, -0.25) is 0 Å². The Labute approximate surface area is 247 Å². The van der Waals surface area contributed by atoms with E-state index < -0.39 is 0 Å². The zero-order valence-electron chi connectivity index (χ0n) is 26.1. The number of benzene rings is 1. The maximum atomic E-state index is 9.43. The van der Waals surface area contributed by atoms with E-state index in [4.69, 9.17) is 39.3 Å². The molecule has 1 aliphatic heterocycles. The van der Waals surface area contributed by atoms with Crippen LogP contribution in [0.15, 0.2) is 12.1 Å². The quantitative estimate of drug-likeness (QED) is 0.131. The molecule has 2 unspecified atom stereocenters. The average molecular weight is 585 g/mol. The van der Waals surface area contributed by atoms with E-state index in [1.54, 1.807) is 0 Å². The van der Waals surface area contributed by atoms with Crippen LogP contribution in [0.3, 0.4) is 0 Å². The van der Waals surface area contributed by atoms with Gasteiger partial charge in [-0.2, -0.15) is 0 Å². The first kappa shape index (κ1) is 35.7. The van der Waals surface area contributed by atoms with Crippen molar-refractivity contribution in [2.24, 2.45) is 5.92 Å². The van der Waals surface area contributed by atoms with Crippen LogP contribution < -0.4 is 10.6 Å². The van der Waals surface area contributed by atoms with Crippen molar-refractivity contribution < 1.29 is 38.6 Å². The SMILES string of the molecule is CC(C)c1cc2c(cc1N)CC(C)C(C)(C)N2CC(CCOCCOCCOCCOCCOCCO)OCCO. The van der Waals surface area contributed by atoms with Crippen molar-refractivity contribution in [2.75, 3.05) is 103 Å². The molecule has 0 radical (unpaired) electrons. The van der Waals surface area contributed by atoms with E-state index in [9.17, 15) is 5.11 Å². The van der Waals surface area contributed by atoms with Gasteiger partial charge >= 0.3 is 0 Å². The molecule has 1 heterocycles. The van der Waals surface area contributed by atoms with Gasteiger partial charge in [0.05, 0.1) is 85.4 Å². The van der Waals surface area contributed by atoms with Crippen LogP contribution in [0.1, 0.15) is 58.1 Å². The first-order valence-corrected chi connectivity index (χ1v) is 15.1. The Hall–Kier alpha value is -1.50. The molecule has 0 spiro atoms. The van der Waals surface area contributed by atoms with Crippen molar-refractivity contribution in [2.45, 2.75) is 65.0 Å². The molecule has 2 rings (SSSR count). The van der Waals surface area contributed by atoms with Gasteiger partial charge in [0, 0.05) is 30.1 Å². The van der Waals surface area contributed by atoms with Gasteiger partial charge in [0.25, 0.3) is 0 Å². The summed E-state index contributed by atoms with van der Waals surface area (Å²) in [4.78, 5) is 2.48. The molecular weight excluding hydrogens is 528 g/mol. The number of aliphatic hydroxyl groups excluding tert-OH is 2. The summed E-state index contributed by atoms with van der Waals surface area (Å²) in [5.74, 6) is 0.788. The van der Waals surface area contributed by atoms with Crippen LogP contribution in [0.25, 0.3) is 0 Å². The first-order valence-electron chi connectivity index (χ1n) is 15.1. The largest absolute Gasteiger partial charge is 0.398 e. The summed E-state index contributed by atoms with van der Waals surface area (Å²) in [5.41, 5.74) is 10.9. The van der Waals surface area contributed by atoms with Crippen LogP contribution in [0.2, 0.25) is 0 Å². The number of nitrogens with two attached hydrogens (primary N) is 1. The molecule has 0 fully saturated rings. The van der Waals surface area contributed by atoms with Crippen LogP contribution in [0.5, 0.6) is 0 Å². The van der Waals surface area contributed by atoms with E-state index in [-0.39, 0.29) is 24.9 Å². The highest BCUT2D eigenvalue weighted by atomic mass is 16.6. The van der Waals surface area contributed by atoms with Gasteiger partial charge in [-0.25, -0.2) is 0 Å². The summed E-state index contributed by atoms with van der Waals surface area (Å²) in [6.07, 6.45) is 1.63. The fraction of sp³-hybridized carbons (Fsp3) is 0.806. The van der Waals surface area contributed by atoms with E-state index in [1.165, 1.54) is 16.8 Å². The average Bonchev–Trinajstić information content (AvgIpc) is 2.93. The van der Waals surface area contributed by atoms with Crippen molar-refractivity contribution in [1.82, 2.24) is 0 Å². The summed E-state index contributed by atoms with van der Waals surface area (Å²) in [5, 5.41) is 18.1. The molecule has 0 bridgehead atoms. The predicted octanol–water partition coefficient (Wildman–Crippen LogP) is 3.01. The number of hydrogen-bond donors (Lipinski definition) is 3. The lowest BCUT2D eigenvalue weighted by Crippen LogP contribution is -2.55. The Balaban J connectivity index is 1.75. The standard InChI is InChI=1S/C31H56N2O8/c1-24(2)28-22-30-26(21-29(28)32)20-25(3)31(4,5)33(30)23-27(41-11-8-35)6-9-36-12-14-38-16-18-40-19-17-39-15-13-37-10-7-34/h21-22,24-25,27,34-35H,6-20,23,32H2,1-5H3. The second-order valence-electron chi connectivity index (χ2n) is 11.4. The van der Waals surface area contributed by atoms with Gasteiger partial charge < -0.3 is 49.3 Å². The highest BCUT2D eigenvalue weighted by molar-refractivity contribution is 5.67. The Bertz CT molecular complexity index is 839. The minimum atomic E-state index is -0.0857. The lowest BCUT2D eigenvalue weighted by molar-refractivity contribution is -0.0202. The molecule has 0 aliphatic carbocycles. The Kier molecular flexibility index (Phi) is 17.1. The topological polar surface area (TPSA) is 125 Å². The third-order valence-electron chi connectivity index (χ3n) is 7.76. The van der Waals surface area contributed by atoms with Crippen LogP contribution in [-0.4, -0.2) is 114 Å². The Morgan fingerprint density at radius 2 is 1.34 bits per heavy atom. The molecule has 1 aromatic carbocycles. The van der Waals surface area contributed by atoms with E-state index in [0.29, 0.717) is 91.1 Å². The number of nitrogens with zero attached hydrogens (tertiary/aromatic N) is 1. The third kappa shape index (κ3) is 12.3. The van der Waals surface area contributed by atoms with Crippen LogP contribution in [0.4, 0.5) is 11.4 Å². The van der Waals surface area contributed by atoms with Gasteiger partial charge in [0.2, 0.25) is 0 Å². The summed E-state index contributed by atoms with van der Waals surface area (Å²) in [6, 6.07) is 4.43. The second kappa shape index (κ2) is 19.6. The molecule has 10 nitrogen and oxygen atoms in total. The molecule has 4 N–H and O–H groups in total. The van der Waals surface area contributed by atoms with Gasteiger partial charge in [0.1, 0.15) is 0 Å². The van der Waals surface area contributed by atoms with Crippen molar-refractivity contribution in [3.05, 3.63) is 23.3 Å². The van der Waals surface area contributed by atoms with Crippen LogP contribution >= 0.6 is 0 Å². The molecule has 2 atom stereocenters. The molecule has 1 aliphatic rings. The molecule has 0 saturated heterocycles. The number of ether oxygens (including phenoxy) is 6. The number of rotatable bonds is 23. The summed E-state index contributed by atoms with van der Waals surface area (Å²) >= 11 is 0. The van der Waals surface area contributed by atoms with Crippen molar-refractivity contribution in [1.29, 1.82) is 0 Å². The van der Waals surface area contributed by atoms with Crippen molar-refractivity contribution in [3.8, 4) is 0 Å². The second-order valence-corrected chi connectivity index (χ2v) is 11.4. The summed E-state index contributed by atoms with van der Waals surface area (Å²) in [6.45, 7) is 17.1. The van der Waals surface area contributed by atoms with E-state index in [2.05, 4.69) is 51.7 Å². The minimum Gasteiger partial charge on any atom is -0.398 e. The molecular formula is C31H56N2O8. The Morgan fingerprint density at radius 3 is 1.85 bits per heavy atom. The predicted molar refractivity (Wildman–Crippen MR) is 162 cm³/mol. The molecule has 238 valence electrons. The minimum absolute atomic E-state index is 0.0111. The molecule has 0 amide bonds. The zero-order valence-corrected chi connectivity index (χ0v) is 26.1. The molecule has 10 heteroatoms. The molecule has 41 heavy (non-hydrogen) atoms. The van der Waals surface area contributed by atoms with E-state index in [1.807, 2.05) is 0 Å². The van der Waals surface area contributed by atoms with Gasteiger partial charge in [-0.1, -0.05) is 20.8 Å².